The highest BCUT2D eigenvalue weighted by Gasteiger charge is 2.10. The van der Waals surface area contributed by atoms with Crippen molar-refractivity contribution in [1.29, 1.82) is 0 Å². The third-order valence-electron chi connectivity index (χ3n) is 1.96. The highest BCUT2D eigenvalue weighted by atomic mass is 35.5. The van der Waals surface area contributed by atoms with E-state index in [-0.39, 0.29) is 0 Å². The van der Waals surface area contributed by atoms with Crippen LogP contribution < -0.4 is 4.74 Å². The minimum atomic E-state index is -0.668. The van der Waals surface area contributed by atoms with E-state index in [4.69, 9.17) is 16.3 Å². The van der Waals surface area contributed by atoms with Gasteiger partial charge in [-0.2, -0.15) is 0 Å². The Morgan fingerprint density at radius 1 is 1.57 bits per heavy atom. The van der Waals surface area contributed by atoms with Crippen LogP contribution >= 0.6 is 11.6 Å². The Balaban J connectivity index is 3.02. The zero-order valence-electron chi connectivity index (χ0n) is 8.25. The van der Waals surface area contributed by atoms with Gasteiger partial charge in [-0.15, -0.1) is 0 Å². The van der Waals surface area contributed by atoms with Gasteiger partial charge in [-0.1, -0.05) is 24.2 Å². The first-order chi connectivity index (χ1) is 6.56. The molecule has 1 aromatic rings. The topological polar surface area (TPSA) is 29.5 Å². The number of aliphatic hydroxyl groups excluding tert-OH is 1. The first kappa shape index (κ1) is 11.1. The molecule has 0 aliphatic carbocycles. The number of methoxy groups -OCH3 is 1. The van der Waals surface area contributed by atoms with Crippen molar-refractivity contribution in [3.05, 3.63) is 40.9 Å². The highest BCUT2D eigenvalue weighted by Crippen LogP contribution is 2.29. The van der Waals surface area contributed by atoms with Crippen LogP contribution in [0.15, 0.2) is 30.4 Å². The predicted molar refractivity (Wildman–Crippen MR) is 57.8 cm³/mol. The standard InChI is InChI=1S/C11H13ClO2/c1-7(2)11(13)8-4-5-10(14-3)9(12)6-8/h4-6,11,13H,1H2,2-3H3. The van der Waals surface area contributed by atoms with Gasteiger partial charge in [-0.25, -0.2) is 0 Å². The second kappa shape index (κ2) is 4.49. The van der Waals surface area contributed by atoms with Crippen LogP contribution in [0.4, 0.5) is 0 Å². The number of rotatable bonds is 3. The van der Waals surface area contributed by atoms with Crippen molar-refractivity contribution < 1.29 is 9.84 Å². The molecule has 76 valence electrons. The van der Waals surface area contributed by atoms with E-state index in [0.717, 1.165) is 5.56 Å². The minimum absolute atomic E-state index is 0.491. The van der Waals surface area contributed by atoms with E-state index in [9.17, 15) is 5.11 Å². The smallest absolute Gasteiger partial charge is 0.137 e. The fourth-order valence-electron chi connectivity index (χ4n) is 1.14. The summed E-state index contributed by atoms with van der Waals surface area (Å²) < 4.78 is 5.00. The van der Waals surface area contributed by atoms with Gasteiger partial charge >= 0.3 is 0 Å². The van der Waals surface area contributed by atoms with Crippen LogP contribution in [0.25, 0.3) is 0 Å². The van der Waals surface area contributed by atoms with E-state index >= 15 is 0 Å². The summed E-state index contributed by atoms with van der Waals surface area (Å²) in [6.07, 6.45) is -0.668. The van der Waals surface area contributed by atoms with Crippen molar-refractivity contribution in [2.24, 2.45) is 0 Å². The fraction of sp³-hybridized carbons (Fsp3) is 0.273. The lowest BCUT2D eigenvalue weighted by Crippen LogP contribution is -1.98. The molecule has 3 heteroatoms. The zero-order valence-corrected chi connectivity index (χ0v) is 9.01. The van der Waals surface area contributed by atoms with E-state index in [2.05, 4.69) is 6.58 Å². The van der Waals surface area contributed by atoms with Crippen LogP contribution in [-0.4, -0.2) is 12.2 Å². The van der Waals surface area contributed by atoms with Crippen LogP contribution in [0.5, 0.6) is 5.75 Å². The Morgan fingerprint density at radius 2 is 2.21 bits per heavy atom. The molecule has 2 nitrogen and oxygen atoms in total. The molecule has 0 spiro atoms. The predicted octanol–water partition coefficient (Wildman–Crippen LogP) is 2.96. The summed E-state index contributed by atoms with van der Waals surface area (Å²) in [7, 11) is 1.55. The maximum atomic E-state index is 9.69. The zero-order chi connectivity index (χ0) is 10.7. The molecule has 1 N–H and O–H groups in total. The molecule has 0 heterocycles. The lowest BCUT2D eigenvalue weighted by atomic mass is 10.0. The van der Waals surface area contributed by atoms with Crippen molar-refractivity contribution in [2.45, 2.75) is 13.0 Å². The third kappa shape index (κ3) is 2.28. The van der Waals surface area contributed by atoms with Crippen molar-refractivity contribution in [1.82, 2.24) is 0 Å². The summed E-state index contributed by atoms with van der Waals surface area (Å²) in [5.74, 6) is 0.601. The highest BCUT2D eigenvalue weighted by molar-refractivity contribution is 6.32. The quantitative estimate of drug-likeness (QED) is 0.781. The Hall–Kier alpha value is -0.990. The third-order valence-corrected chi connectivity index (χ3v) is 2.25. The molecular formula is C11H13ClO2. The Labute approximate surface area is 88.8 Å². The van der Waals surface area contributed by atoms with Gasteiger partial charge in [0.2, 0.25) is 0 Å². The number of hydrogen-bond acceptors (Lipinski definition) is 2. The number of ether oxygens (including phenoxy) is 1. The van der Waals surface area contributed by atoms with E-state index in [1.54, 1.807) is 32.2 Å². The van der Waals surface area contributed by atoms with Gasteiger partial charge in [0.25, 0.3) is 0 Å². The maximum Gasteiger partial charge on any atom is 0.137 e. The Morgan fingerprint density at radius 3 is 2.64 bits per heavy atom. The number of benzene rings is 1. The van der Waals surface area contributed by atoms with Crippen LogP contribution in [0.2, 0.25) is 5.02 Å². The molecule has 1 atom stereocenters. The summed E-state index contributed by atoms with van der Waals surface area (Å²) in [6, 6.07) is 5.17. The molecule has 0 aliphatic rings. The van der Waals surface area contributed by atoms with Gasteiger partial charge in [0, 0.05) is 0 Å². The molecular weight excluding hydrogens is 200 g/mol. The minimum Gasteiger partial charge on any atom is -0.495 e. The van der Waals surface area contributed by atoms with E-state index in [1.807, 2.05) is 0 Å². The molecule has 0 radical (unpaired) electrons. The second-order valence-corrected chi connectivity index (χ2v) is 3.55. The van der Waals surface area contributed by atoms with Crippen molar-refractivity contribution in [2.75, 3.05) is 7.11 Å². The first-order valence-electron chi connectivity index (χ1n) is 4.23. The van der Waals surface area contributed by atoms with Crippen molar-refractivity contribution >= 4 is 11.6 Å². The molecule has 0 fully saturated rings. The van der Waals surface area contributed by atoms with Gasteiger partial charge in [0.15, 0.2) is 0 Å². The van der Waals surface area contributed by atoms with E-state index in [0.29, 0.717) is 16.3 Å². The lowest BCUT2D eigenvalue weighted by molar-refractivity contribution is 0.216. The monoisotopic (exact) mass is 212 g/mol. The van der Waals surface area contributed by atoms with E-state index < -0.39 is 6.10 Å². The Bertz CT molecular complexity index is 347. The number of aliphatic hydroxyl groups is 1. The molecule has 14 heavy (non-hydrogen) atoms. The fourth-order valence-corrected chi connectivity index (χ4v) is 1.40. The van der Waals surface area contributed by atoms with Gasteiger partial charge in [0.05, 0.1) is 18.2 Å². The van der Waals surface area contributed by atoms with Crippen LogP contribution in [-0.2, 0) is 0 Å². The first-order valence-corrected chi connectivity index (χ1v) is 4.61. The number of hydrogen-bond donors (Lipinski definition) is 1. The van der Waals surface area contributed by atoms with Crippen LogP contribution in [0.3, 0.4) is 0 Å². The molecule has 0 aliphatic heterocycles. The Kier molecular flexibility index (Phi) is 3.55. The summed E-state index contributed by atoms with van der Waals surface area (Å²) in [6.45, 7) is 5.45. The largest absolute Gasteiger partial charge is 0.495 e. The molecule has 0 amide bonds. The van der Waals surface area contributed by atoms with Gasteiger partial charge in [0.1, 0.15) is 5.75 Å². The number of halogens is 1. The lowest BCUT2D eigenvalue weighted by Gasteiger charge is -2.12. The summed E-state index contributed by atoms with van der Waals surface area (Å²) >= 11 is 5.91. The molecule has 1 rings (SSSR count). The van der Waals surface area contributed by atoms with Crippen LogP contribution in [0, 0.1) is 0 Å². The second-order valence-electron chi connectivity index (χ2n) is 3.14. The molecule has 0 saturated carbocycles. The molecule has 1 aromatic carbocycles. The molecule has 1 unspecified atom stereocenters. The van der Waals surface area contributed by atoms with Gasteiger partial charge in [-0.05, 0) is 30.2 Å². The molecule has 0 aromatic heterocycles. The average molecular weight is 213 g/mol. The van der Waals surface area contributed by atoms with Gasteiger partial charge in [-0.3, -0.25) is 0 Å². The molecule has 0 bridgehead atoms. The summed E-state index contributed by atoms with van der Waals surface area (Å²) in [5, 5.41) is 10.2. The van der Waals surface area contributed by atoms with Crippen molar-refractivity contribution in [3.8, 4) is 5.75 Å². The molecule has 0 saturated heterocycles. The van der Waals surface area contributed by atoms with E-state index in [1.165, 1.54) is 0 Å². The van der Waals surface area contributed by atoms with Crippen LogP contribution in [0.1, 0.15) is 18.6 Å². The van der Waals surface area contributed by atoms with Gasteiger partial charge < -0.3 is 9.84 Å². The summed E-state index contributed by atoms with van der Waals surface area (Å²) in [4.78, 5) is 0. The van der Waals surface area contributed by atoms with Crippen molar-refractivity contribution in [3.63, 3.8) is 0 Å². The SMILES string of the molecule is C=C(C)C(O)c1ccc(OC)c(Cl)c1. The summed E-state index contributed by atoms with van der Waals surface area (Å²) in [5.41, 5.74) is 1.41. The maximum absolute atomic E-state index is 9.69. The average Bonchev–Trinajstić information content (AvgIpc) is 2.16. The normalized spacial score (nSPS) is 12.3.